The number of nitrogens with zero attached hydrogens (tertiary/aromatic N) is 2. The van der Waals surface area contributed by atoms with E-state index >= 15 is 0 Å². The van der Waals surface area contributed by atoms with Crippen molar-refractivity contribution >= 4 is 17.5 Å². The molecule has 2 saturated heterocycles. The van der Waals surface area contributed by atoms with E-state index in [4.69, 9.17) is 0 Å². The van der Waals surface area contributed by atoms with E-state index in [9.17, 15) is 9.59 Å². The Bertz CT molecular complexity index is 570. The molecule has 2 amide bonds. The van der Waals surface area contributed by atoms with Crippen LogP contribution in [0, 0.1) is 0 Å². The number of nitrogens with one attached hydrogen (secondary N) is 1. The van der Waals surface area contributed by atoms with E-state index in [1.54, 1.807) is 0 Å². The van der Waals surface area contributed by atoms with Crippen molar-refractivity contribution in [2.75, 3.05) is 31.6 Å². The van der Waals surface area contributed by atoms with E-state index in [1.807, 2.05) is 41.1 Å². The van der Waals surface area contributed by atoms with E-state index in [-0.39, 0.29) is 11.8 Å². The fourth-order valence-corrected chi connectivity index (χ4v) is 3.44. The lowest BCUT2D eigenvalue weighted by molar-refractivity contribution is -0.119. The molecule has 2 fully saturated rings. The minimum Gasteiger partial charge on any atom is -0.337 e. The second kappa shape index (κ2) is 7.13. The average molecular weight is 315 g/mol. The van der Waals surface area contributed by atoms with Crippen LogP contribution in [-0.2, 0) is 4.79 Å². The van der Waals surface area contributed by atoms with Gasteiger partial charge in [0, 0.05) is 43.3 Å². The number of piperidine rings is 2. The zero-order valence-electron chi connectivity index (χ0n) is 13.8. The minimum absolute atomic E-state index is 0.0847. The van der Waals surface area contributed by atoms with Gasteiger partial charge in [0.05, 0.1) is 0 Å². The van der Waals surface area contributed by atoms with Gasteiger partial charge in [0.1, 0.15) is 0 Å². The summed E-state index contributed by atoms with van der Waals surface area (Å²) in [7, 11) is 1.95. The van der Waals surface area contributed by atoms with Crippen molar-refractivity contribution in [1.29, 1.82) is 0 Å². The Kier molecular flexibility index (Phi) is 4.96. The van der Waals surface area contributed by atoms with Gasteiger partial charge in [-0.15, -0.1) is 0 Å². The molecule has 5 nitrogen and oxygen atoms in total. The third-order valence-corrected chi connectivity index (χ3v) is 4.87. The lowest BCUT2D eigenvalue weighted by Gasteiger charge is -2.32. The first-order valence-corrected chi connectivity index (χ1v) is 8.56. The highest BCUT2D eigenvalue weighted by Crippen LogP contribution is 2.22. The minimum atomic E-state index is 0.0847. The van der Waals surface area contributed by atoms with E-state index < -0.39 is 0 Å². The molecule has 1 N–H and O–H groups in total. The molecule has 1 aromatic rings. The van der Waals surface area contributed by atoms with Crippen LogP contribution in [-0.4, -0.2) is 49.4 Å². The Labute approximate surface area is 137 Å². The zero-order valence-corrected chi connectivity index (χ0v) is 13.8. The summed E-state index contributed by atoms with van der Waals surface area (Å²) in [6, 6.07) is 7.88. The number of anilines is 1. The number of benzene rings is 1. The fourth-order valence-electron chi connectivity index (χ4n) is 3.44. The summed E-state index contributed by atoms with van der Waals surface area (Å²) in [6.45, 7) is 2.37. The van der Waals surface area contributed by atoms with Gasteiger partial charge < -0.3 is 15.1 Å². The Morgan fingerprint density at radius 1 is 1.13 bits per heavy atom. The molecule has 2 aliphatic heterocycles. The average Bonchev–Trinajstić information content (AvgIpc) is 2.62. The maximum Gasteiger partial charge on any atom is 0.253 e. The van der Waals surface area contributed by atoms with Crippen molar-refractivity contribution in [3.05, 3.63) is 29.8 Å². The van der Waals surface area contributed by atoms with Crippen molar-refractivity contribution < 1.29 is 9.59 Å². The largest absolute Gasteiger partial charge is 0.337 e. The molecular formula is C18H25N3O2. The van der Waals surface area contributed by atoms with Crippen LogP contribution in [0.15, 0.2) is 24.3 Å². The third kappa shape index (κ3) is 3.55. The predicted molar refractivity (Wildman–Crippen MR) is 90.6 cm³/mol. The van der Waals surface area contributed by atoms with Gasteiger partial charge in [-0.1, -0.05) is 0 Å². The van der Waals surface area contributed by atoms with E-state index in [1.165, 1.54) is 0 Å². The van der Waals surface area contributed by atoms with Gasteiger partial charge in [-0.05, 0) is 57.0 Å². The number of amides is 2. The summed E-state index contributed by atoms with van der Waals surface area (Å²) >= 11 is 0. The Hall–Kier alpha value is -1.88. The lowest BCUT2D eigenvalue weighted by Crippen LogP contribution is -2.46. The van der Waals surface area contributed by atoms with E-state index in [0.717, 1.165) is 51.0 Å². The summed E-state index contributed by atoms with van der Waals surface area (Å²) in [5, 5.41) is 3.26. The Balaban J connectivity index is 1.69. The van der Waals surface area contributed by atoms with Crippen molar-refractivity contribution in [3.63, 3.8) is 0 Å². The first-order valence-electron chi connectivity index (χ1n) is 8.56. The molecule has 5 heteroatoms. The number of likely N-dealkylation sites (tertiary alicyclic amines) is 1. The first kappa shape index (κ1) is 16.0. The molecule has 0 aliphatic carbocycles. The molecule has 124 valence electrons. The SMILES string of the molecule is CN[C@H]1CCCN(C(=O)c2ccc(N3CCCCC3=O)cc2)C1. The van der Waals surface area contributed by atoms with Crippen molar-refractivity contribution in [1.82, 2.24) is 10.2 Å². The normalized spacial score (nSPS) is 22.3. The molecule has 2 aliphatic rings. The number of hydrogen-bond donors (Lipinski definition) is 1. The second-order valence-electron chi connectivity index (χ2n) is 6.43. The summed E-state index contributed by atoms with van der Waals surface area (Å²) in [6.07, 6.45) is 4.81. The van der Waals surface area contributed by atoms with Crippen LogP contribution in [0.4, 0.5) is 5.69 Å². The molecule has 2 heterocycles. The Morgan fingerprint density at radius 2 is 1.91 bits per heavy atom. The van der Waals surface area contributed by atoms with Crippen LogP contribution in [0.5, 0.6) is 0 Å². The number of carbonyl (C=O) groups is 2. The van der Waals surface area contributed by atoms with Crippen molar-refractivity contribution in [2.45, 2.75) is 38.1 Å². The summed E-state index contributed by atoms with van der Waals surface area (Å²) in [5.74, 6) is 0.268. The first-order chi connectivity index (χ1) is 11.2. The molecule has 23 heavy (non-hydrogen) atoms. The molecular weight excluding hydrogens is 290 g/mol. The topological polar surface area (TPSA) is 52.7 Å². The number of rotatable bonds is 3. The standard InChI is InChI=1S/C18H25N3O2/c1-19-15-5-4-11-20(13-15)18(23)14-7-9-16(10-8-14)21-12-3-2-6-17(21)22/h7-10,15,19H,2-6,11-13H2,1H3/t15-/m0/s1. The molecule has 0 saturated carbocycles. The van der Waals surface area contributed by atoms with Crippen molar-refractivity contribution in [2.24, 2.45) is 0 Å². The van der Waals surface area contributed by atoms with Gasteiger partial charge in [0.2, 0.25) is 5.91 Å². The molecule has 3 rings (SSSR count). The molecule has 1 atom stereocenters. The van der Waals surface area contributed by atoms with E-state index in [0.29, 0.717) is 18.0 Å². The smallest absolute Gasteiger partial charge is 0.253 e. The highest BCUT2D eigenvalue weighted by atomic mass is 16.2. The molecule has 1 aromatic carbocycles. The quantitative estimate of drug-likeness (QED) is 0.928. The summed E-state index contributed by atoms with van der Waals surface area (Å²) < 4.78 is 0. The predicted octanol–water partition coefficient (Wildman–Crippen LogP) is 2.03. The molecule has 0 unspecified atom stereocenters. The lowest BCUT2D eigenvalue weighted by atomic mass is 10.0. The van der Waals surface area contributed by atoms with Crippen LogP contribution in [0.2, 0.25) is 0 Å². The second-order valence-corrected chi connectivity index (χ2v) is 6.43. The van der Waals surface area contributed by atoms with Gasteiger partial charge in [0.25, 0.3) is 5.91 Å². The van der Waals surface area contributed by atoms with Gasteiger partial charge in [0.15, 0.2) is 0 Å². The fraction of sp³-hybridized carbons (Fsp3) is 0.556. The van der Waals surface area contributed by atoms with Crippen LogP contribution in [0.3, 0.4) is 0 Å². The number of hydrogen-bond acceptors (Lipinski definition) is 3. The van der Waals surface area contributed by atoms with E-state index in [2.05, 4.69) is 5.32 Å². The van der Waals surface area contributed by atoms with Crippen LogP contribution in [0.1, 0.15) is 42.5 Å². The van der Waals surface area contributed by atoms with Gasteiger partial charge in [-0.25, -0.2) is 0 Å². The molecule has 0 radical (unpaired) electrons. The zero-order chi connectivity index (χ0) is 16.2. The highest BCUT2D eigenvalue weighted by molar-refractivity contribution is 5.97. The Morgan fingerprint density at radius 3 is 2.61 bits per heavy atom. The van der Waals surface area contributed by atoms with Crippen molar-refractivity contribution in [3.8, 4) is 0 Å². The third-order valence-electron chi connectivity index (χ3n) is 4.87. The molecule has 0 spiro atoms. The van der Waals surface area contributed by atoms with Crippen LogP contribution < -0.4 is 10.2 Å². The summed E-state index contributed by atoms with van der Waals surface area (Å²) in [4.78, 5) is 28.4. The van der Waals surface area contributed by atoms with Gasteiger partial charge in [-0.3, -0.25) is 9.59 Å². The van der Waals surface area contributed by atoms with Gasteiger partial charge >= 0.3 is 0 Å². The molecule has 0 aromatic heterocycles. The van der Waals surface area contributed by atoms with Crippen LogP contribution >= 0.6 is 0 Å². The monoisotopic (exact) mass is 315 g/mol. The summed E-state index contributed by atoms with van der Waals surface area (Å²) in [5.41, 5.74) is 1.60. The number of carbonyl (C=O) groups excluding carboxylic acids is 2. The highest BCUT2D eigenvalue weighted by Gasteiger charge is 2.24. The maximum absolute atomic E-state index is 12.6. The van der Waals surface area contributed by atoms with Gasteiger partial charge in [-0.2, -0.15) is 0 Å². The molecule has 0 bridgehead atoms. The number of likely N-dealkylation sites (N-methyl/N-ethyl adjacent to an activating group) is 1. The maximum atomic E-state index is 12.6. The van der Waals surface area contributed by atoms with Crippen LogP contribution in [0.25, 0.3) is 0 Å².